The number of hydrogen-bond acceptors (Lipinski definition) is 2. The molecule has 0 bridgehead atoms. The van der Waals surface area contributed by atoms with E-state index in [1.54, 1.807) is 7.11 Å². The van der Waals surface area contributed by atoms with Gasteiger partial charge < -0.3 is 10.1 Å². The molecule has 4 heteroatoms. The molecule has 0 heterocycles. The van der Waals surface area contributed by atoms with Crippen LogP contribution in [0.5, 0.6) is 5.75 Å². The van der Waals surface area contributed by atoms with E-state index in [1.165, 1.54) is 0 Å². The fourth-order valence-corrected chi connectivity index (χ4v) is 2.30. The number of nitrogens with one attached hydrogen (secondary N) is 1. The average molecular weight is 276 g/mol. The van der Waals surface area contributed by atoms with Crippen LogP contribution < -0.4 is 10.1 Å². The van der Waals surface area contributed by atoms with Crippen LogP contribution in [-0.4, -0.2) is 13.7 Å². The highest BCUT2D eigenvalue weighted by atomic mass is 35.5. The summed E-state index contributed by atoms with van der Waals surface area (Å²) in [5.74, 6) is 0.531. The molecule has 0 aliphatic heterocycles. The Bertz CT molecular complexity index is 368. The van der Waals surface area contributed by atoms with E-state index in [1.807, 2.05) is 12.1 Å². The minimum absolute atomic E-state index is 0.157. The molecule has 0 atom stereocenters. The minimum Gasteiger partial charge on any atom is -0.494 e. The summed E-state index contributed by atoms with van der Waals surface area (Å²) in [4.78, 5) is 0. The second kappa shape index (κ2) is 5.94. The molecule has 0 aliphatic carbocycles. The zero-order chi connectivity index (χ0) is 13.1. The third-order valence-electron chi connectivity index (χ3n) is 2.74. The molecule has 0 saturated carbocycles. The lowest BCUT2D eigenvalue weighted by atomic mass is 9.94. The van der Waals surface area contributed by atoms with Gasteiger partial charge in [0.25, 0.3) is 0 Å². The van der Waals surface area contributed by atoms with Crippen molar-refractivity contribution in [3.63, 3.8) is 0 Å². The van der Waals surface area contributed by atoms with Crippen molar-refractivity contribution < 1.29 is 4.74 Å². The van der Waals surface area contributed by atoms with Crippen molar-refractivity contribution in [2.75, 3.05) is 13.7 Å². The largest absolute Gasteiger partial charge is 0.494 e. The highest BCUT2D eigenvalue weighted by molar-refractivity contribution is 6.37. The van der Waals surface area contributed by atoms with Crippen LogP contribution in [0.15, 0.2) is 12.1 Å². The zero-order valence-electron chi connectivity index (χ0n) is 10.7. The third-order valence-corrected chi connectivity index (χ3v) is 3.30. The molecular formula is C13H19Cl2NO. The Balaban J connectivity index is 3.07. The van der Waals surface area contributed by atoms with Crippen LogP contribution >= 0.6 is 23.2 Å². The van der Waals surface area contributed by atoms with Crippen molar-refractivity contribution in [2.45, 2.75) is 32.7 Å². The van der Waals surface area contributed by atoms with E-state index < -0.39 is 0 Å². The van der Waals surface area contributed by atoms with E-state index >= 15 is 0 Å². The zero-order valence-corrected chi connectivity index (χ0v) is 12.2. The molecule has 0 amide bonds. The molecule has 1 aromatic rings. The van der Waals surface area contributed by atoms with Crippen molar-refractivity contribution in [1.82, 2.24) is 5.32 Å². The average Bonchev–Trinajstić information content (AvgIpc) is 2.26. The standard InChI is InChI=1S/C13H19Cl2NO/c1-5-6-16-13(2,3)9-7-10(14)12(17-4)11(15)8-9/h7-8,16H,5-6H2,1-4H3. The van der Waals surface area contributed by atoms with Gasteiger partial charge >= 0.3 is 0 Å². The van der Waals surface area contributed by atoms with Gasteiger partial charge in [0, 0.05) is 5.54 Å². The highest BCUT2D eigenvalue weighted by Gasteiger charge is 2.22. The van der Waals surface area contributed by atoms with Crippen molar-refractivity contribution in [1.29, 1.82) is 0 Å². The Kier molecular flexibility index (Phi) is 5.11. The molecule has 17 heavy (non-hydrogen) atoms. The van der Waals surface area contributed by atoms with Crippen molar-refractivity contribution in [3.05, 3.63) is 27.7 Å². The van der Waals surface area contributed by atoms with Gasteiger partial charge in [-0.1, -0.05) is 30.1 Å². The number of methoxy groups -OCH3 is 1. The first-order valence-corrected chi connectivity index (χ1v) is 6.46. The van der Waals surface area contributed by atoms with Gasteiger partial charge in [0.1, 0.15) is 0 Å². The number of hydrogen-bond donors (Lipinski definition) is 1. The minimum atomic E-state index is -0.157. The molecule has 0 unspecified atom stereocenters. The van der Waals surface area contributed by atoms with Crippen molar-refractivity contribution in [3.8, 4) is 5.75 Å². The van der Waals surface area contributed by atoms with Gasteiger partial charge in [-0.2, -0.15) is 0 Å². The monoisotopic (exact) mass is 275 g/mol. The van der Waals surface area contributed by atoms with Crippen LogP contribution in [0.1, 0.15) is 32.8 Å². The summed E-state index contributed by atoms with van der Waals surface area (Å²) in [5.41, 5.74) is 0.900. The van der Waals surface area contributed by atoms with Crippen LogP contribution in [-0.2, 0) is 5.54 Å². The smallest absolute Gasteiger partial charge is 0.156 e. The number of halogens is 2. The molecule has 0 saturated heterocycles. The maximum absolute atomic E-state index is 6.14. The van der Waals surface area contributed by atoms with Crippen LogP contribution in [0.2, 0.25) is 10.0 Å². The lowest BCUT2D eigenvalue weighted by Gasteiger charge is -2.27. The van der Waals surface area contributed by atoms with E-state index in [2.05, 4.69) is 26.1 Å². The van der Waals surface area contributed by atoms with Gasteiger partial charge in [0.05, 0.1) is 17.2 Å². The first kappa shape index (κ1) is 14.6. The van der Waals surface area contributed by atoms with Crippen LogP contribution in [0, 0.1) is 0 Å². The maximum Gasteiger partial charge on any atom is 0.156 e. The molecule has 96 valence electrons. The van der Waals surface area contributed by atoms with E-state index in [0.717, 1.165) is 18.5 Å². The van der Waals surface area contributed by atoms with Crippen LogP contribution in [0.25, 0.3) is 0 Å². The second-order valence-electron chi connectivity index (χ2n) is 4.52. The fraction of sp³-hybridized carbons (Fsp3) is 0.538. The van der Waals surface area contributed by atoms with Gasteiger partial charge in [-0.15, -0.1) is 0 Å². The maximum atomic E-state index is 6.14. The topological polar surface area (TPSA) is 21.3 Å². The molecule has 0 aliphatic rings. The molecule has 0 spiro atoms. The second-order valence-corrected chi connectivity index (χ2v) is 5.34. The summed E-state index contributed by atoms with van der Waals surface area (Å²) in [6.45, 7) is 7.31. The van der Waals surface area contributed by atoms with E-state index in [4.69, 9.17) is 27.9 Å². The Labute approximate surface area is 113 Å². The predicted molar refractivity (Wildman–Crippen MR) is 74.3 cm³/mol. The van der Waals surface area contributed by atoms with E-state index in [0.29, 0.717) is 15.8 Å². The quantitative estimate of drug-likeness (QED) is 0.868. The Hall–Kier alpha value is -0.440. The lowest BCUT2D eigenvalue weighted by Crippen LogP contribution is -2.36. The van der Waals surface area contributed by atoms with Gasteiger partial charge in [-0.25, -0.2) is 0 Å². The summed E-state index contributed by atoms with van der Waals surface area (Å²) < 4.78 is 5.14. The highest BCUT2D eigenvalue weighted by Crippen LogP contribution is 2.36. The van der Waals surface area contributed by atoms with Gasteiger partial charge in [0.15, 0.2) is 5.75 Å². The third kappa shape index (κ3) is 3.51. The number of benzene rings is 1. The van der Waals surface area contributed by atoms with E-state index in [-0.39, 0.29) is 5.54 Å². The van der Waals surface area contributed by atoms with E-state index in [9.17, 15) is 0 Å². The van der Waals surface area contributed by atoms with Crippen molar-refractivity contribution >= 4 is 23.2 Å². The molecule has 0 radical (unpaired) electrons. The van der Waals surface area contributed by atoms with Crippen LogP contribution in [0.4, 0.5) is 0 Å². The Morgan fingerprint density at radius 1 is 1.24 bits per heavy atom. The molecule has 0 aromatic heterocycles. The lowest BCUT2D eigenvalue weighted by molar-refractivity contribution is 0.399. The normalized spacial score (nSPS) is 11.6. The van der Waals surface area contributed by atoms with Gasteiger partial charge in [-0.05, 0) is 44.5 Å². The summed E-state index contributed by atoms with van der Waals surface area (Å²) in [7, 11) is 1.56. The molecule has 1 aromatic carbocycles. The van der Waals surface area contributed by atoms with Crippen LogP contribution in [0.3, 0.4) is 0 Å². The first-order valence-electron chi connectivity index (χ1n) is 5.71. The summed E-state index contributed by atoms with van der Waals surface area (Å²) in [6.07, 6.45) is 1.08. The predicted octanol–water partition coefficient (Wildman–Crippen LogP) is 4.24. The first-order chi connectivity index (χ1) is 7.92. The molecule has 1 N–H and O–H groups in total. The van der Waals surface area contributed by atoms with Gasteiger partial charge in [-0.3, -0.25) is 0 Å². The van der Waals surface area contributed by atoms with Crippen molar-refractivity contribution in [2.24, 2.45) is 0 Å². The summed E-state index contributed by atoms with van der Waals surface area (Å²) >= 11 is 12.3. The Morgan fingerprint density at radius 3 is 2.18 bits per heavy atom. The number of ether oxygens (including phenoxy) is 1. The molecule has 2 nitrogen and oxygen atoms in total. The molecule has 0 fully saturated rings. The Morgan fingerprint density at radius 2 is 1.76 bits per heavy atom. The molecule has 1 rings (SSSR count). The summed E-state index contributed by atoms with van der Waals surface area (Å²) in [5, 5.41) is 4.54. The fourth-order valence-electron chi connectivity index (χ4n) is 1.66. The SMILES string of the molecule is CCCNC(C)(C)c1cc(Cl)c(OC)c(Cl)c1. The number of rotatable bonds is 5. The summed E-state index contributed by atoms with van der Waals surface area (Å²) in [6, 6.07) is 3.80. The van der Waals surface area contributed by atoms with Gasteiger partial charge in [0.2, 0.25) is 0 Å². The molecular weight excluding hydrogens is 257 g/mol.